The van der Waals surface area contributed by atoms with E-state index in [2.05, 4.69) is 20.8 Å². The number of nitrogens with zero attached hydrogens (tertiary/aromatic N) is 2. The number of hydrogen-bond acceptors (Lipinski definition) is 6. The van der Waals surface area contributed by atoms with Crippen LogP contribution in [0.5, 0.6) is 0 Å². The van der Waals surface area contributed by atoms with Gasteiger partial charge in [0.05, 0.1) is 5.25 Å². The highest BCUT2D eigenvalue weighted by atomic mass is 32.2. The predicted octanol–water partition coefficient (Wildman–Crippen LogP) is 4.53. The van der Waals surface area contributed by atoms with Gasteiger partial charge in [-0.1, -0.05) is 35.1 Å². The number of thioether (sulfide) groups is 1. The molecule has 0 radical (unpaired) electrons. The molecule has 1 aromatic heterocycles. The average molecular weight is 413 g/mol. The lowest BCUT2D eigenvalue weighted by atomic mass is 10.1. The summed E-state index contributed by atoms with van der Waals surface area (Å²) in [5.41, 5.74) is 2.39. The van der Waals surface area contributed by atoms with Crippen LogP contribution in [0.25, 0.3) is 0 Å². The molecule has 0 aliphatic heterocycles. The fraction of sp³-hybridized carbons (Fsp3) is 0.200. The fourth-order valence-electron chi connectivity index (χ4n) is 2.37. The van der Waals surface area contributed by atoms with Crippen LogP contribution in [0, 0.1) is 13.8 Å². The van der Waals surface area contributed by atoms with E-state index in [1.165, 1.54) is 23.1 Å². The summed E-state index contributed by atoms with van der Waals surface area (Å²) < 4.78 is 0. The number of anilines is 2. The van der Waals surface area contributed by atoms with E-state index in [4.69, 9.17) is 0 Å². The highest BCUT2D eigenvalue weighted by Crippen LogP contribution is 2.27. The minimum Gasteiger partial charge on any atom is -0.322 e. The molecular weight excluding hydrogens is 392 g/mol. The normalized spacial score (nSPS) is 11.7. The molecule has 0 saturated heterocycles. The van der Waals surface area contributed by atoms with Crippen molar-refractivity contribution in [3.05, 3.63) is 64.7 Å². The lowest BCUT2D eigenvalue weighted by Crippen LogP contribution is -2.22. The maximum Gasteiger partial charge on any atom is 0.255 e. The van der Waals surface area contributed by atoms with E-state index >= 15 is 0 Å². The number of amides is 2. The van der Waals surface area contributed by atoms with Gasteiger partial charge >= 0.3 is 0 Å². The van der Waals surface area contributed by atoms with Crippen LogP contribution in [0.3, 0.4) is 0 Å². The van der Waals surface area contributed by atoms with Gasteiger partial charge in [0, 0.05) is 16.1 Å². The minimum atomic E-state index is -0.327. The first-order chi connectivity index (χ1) is 13.4. The molecule has 3 aromatic rings. The van der Waals surface area contributed by atoms with Gasteiger partial charge in [0.2, 0.25) is 11.0 Å². The van der Waals surface area contributed by atoms with E-state index in [1.54, 1.807) is 12.1 Å². The maximum atomic E-state index is 12.4. The number of rotatable bonds is 6. The molecule has 8 heteroatoms. The zero-order valence-electron chi connectivity index (χ0n) is 15.7. The lowest BCUT2D eigenvalue weighted by molar-refractivity contribution is -0.115. The third-order valence-electron chi connectivity index (χ3n) is 3.84. The Morgan fingerprint density at radius 1 is 1.04 bits per heavy atom. The van der Waals surface area contributed by atoms with Gasteiger partial charge in [0.1, 0.15) is 5.01 Å². The maximum absolute atomic E-state index is 12.4. The van der Waals surface area contributed by atoms with Crippen molar-refractivity contribution in [1.29, 1.82) is 0 Å². The minimum absolute atomic E-state index is 0.143. The van der Waals surface area contributed by atoms with Gasteiger partial charge < -0.3 is 5.32 Å². The monoisotopic (exact) mass is 412 g/mol. The molecule has 2 N–H and O–H groups in total. The molecule has 144 valence electrons. The molecule has 2 amide bonds. The standard InChI is InChI=1S/C20H20N4O2S2/c1-12-7-9-15(10-8-12)19(26)21-16-5-4-6-17(11-16)27-13(2)18(25)22-20-24-23-14(3)28-20/h4-11,13H,1-3H3,(H,21,26)(H,22,24,25). The van der Waals surface area contributed by atoms with E-state index < -0.39 is 0 Å². The second-order valence-electron chi connectivity index (χ2n) is 6.22. The Morgan fingerprint density at radius 2 is 1.79 bits per heavy atom. The molecule has 1 unspecified atom stereocenters. The molecule has 3 rings (SSSR count). The summed E-state index contributed by atoms with van der Waals surface area (Å²) in [7, 11) is 0. The van der Waals surface area contributed by atoms with Gasteiger partial charge in [-0.2, -0.15) is 0 Å². The molecule has 0 aliphatic rings. The van der Waals surface area contributed by atoms with Crippen molar-refractivity contribution >= 4 is 45.7 Å². The smallest absolute Gasteiger partial charge is 0.255 e. The molecule has 0 saturated carbocycles. The Balaban J connectivity index is 1.61. The molecule has 1 heterocycles. The second kappa shape index (κ2) is 8.99. The Kier molecular flexibility index (Phi) is 6.43. The average Bonchev–Trinajstić information content (AvgIpc) is 3.07. The van der Waals surface area contributed by atoms with E-state index in [-0.39, 0.29) is 17.1 Å². The van der Waals surface area contributed by atoms with Gasteiger partial charge in [-0.25, -0.2) is 0 Å². The van der Waals surface area contributed by atoms with Crippen LogP contribution in [0.4, 0.5) is 10.8 Å². The molecule has 6 nitrogen and oxygen atoms in total. The SMILES string of the molecule is Cc1ccc(C(=O)Nc2cccc(SC(C)C(=O)Nc3nnc(C)s3)c2)cc1. The van der Waals surface area contributed by atoms with Gasteiger partial charge in [-0.3, -0.25) is 14.9 Å². The largest absolute Gasteiger partial charge is 0.322 e. The van der Waals surface area contributed by atoms with Crippen molar-refractivity contribution in [2.24, 2.45) is 0 Å². The predicted molar refractivity (Wildman–Crippen MR) is 114 cm³/mol. The summed E-state index contributed by atoms with van der Waals surface area (Å²) >= 11 is 2.75. The van der Waals surface area contributed by atoms with Crippen LogP contribution in [0.2, 0.25) is 0 Å². The van der Waals surface area contributed by atoms with E-state index in [1.807, 2.05) is 57.2 Å². The highest BCUT2D eigenvalue weighted by molar-refractivity contribution is 8.00. The number of aryl methyl sites for hydroxylation is 2. The number of aromatic nitrogens is 2. The molecular formula is C20H20N4O2S2. The van der Waals surface area contributed by atoms with E-state index in [0.29, 0.717) is 16.4 Å². The van der Waals surface area contributed by atoms with Gasteiger partial charge in [0.25, 0.3) is 5.91 Å². The van der Waals surface area contributed by atoms with Crippen LogP contribution < -0.4 is 10.6 Å². The quantitative estimate of drug-likeness (QED) is 0.581. The summed E-state index contributed by atoms with van der Waals surface area (Å²) in [6.07, 6.45) is 0. The van der Waals surface area contributed by atoms with Crippen molar-refractivity contribution in [3.63, 3.8) is 0 Å². The third-order valence-corrected chi connectivity index (χ3v) is 5.69. The molecule has 0 aliphatic carbocycles. The molecule has 2 aromatic carbocycles. The van der Waals surface area contributed by atoms with Crippen LogP contribution >= 0.6 is 23.1 Å². The number of benzene rings is 2. The Morgan fingerprint density at radius 3 is 2.46 bits per heavy atom. The van der Waals surface area contributed by atoms with Crippen molar-refractivity contribution in [1.82, 2.24) is 10.2 Å². The van der Waals surface area contributed by atoms with E-state index in [9.17, 15) is 9.59 Å². The van der Waals surface area contributed by atoms with Gasteiger partial charge in [-0.05, 0) is 51.1 Å². The zero-order valence-corrected chi connectivity index (χ0v) is 17.4. The summed E-state index contributed by atoms with van der Waals surface area (Å²) in [5, 5.41) is 14.4. The molecule has 0 spiro atoms. The zero-order chi connectivity index (χ0) is 20.1. The topological polar surface area (TPSA) is 84.0 Å². The molecule has 28 heavy (non-hydrogen) atoms. The van der Waals surface area contributed by atoms with E-state index in [0.717, 1.165) is 15.5 Å². The molecule has 0 bridgehead atoms. The summed E-state index contributed by atoms with van der Waals surface area (Å²) in [4.78, 5) is 25.6. The van der Waals surface area contributed by atoms with Crippen molar-refractivity contribution in [3.8, 4) is 0 Å². The van der Waals surface area contributed by atoms with Gasteiger partial charge in [-0.15, -0.1) is 22.0 Å². The first-order valence-electron chi connectivity index (χ1n) is 8.66. The molecule has 0 fully saturated rings. The Labute approximate surface area is 171 Å². The Bertz CT molecular complexity index is 986. The van der Waals surface area contributed by atoms with Crippen LogP contribution in [0.1, 0.15) is 27.9 Å². The highest BCUT2D eigenvalue weighted by Gasteiger charge is 2.16. The summed E-state index contributed by atoms with van der Waals surface area (Å²) in [6, 6.07) is 14.8. The number of hydrogen-bond donors (Lipinski definition) is 2. The van der Waals surface area contributed by atoms with Crippen LogP contribution in [0.15, 0.2) is 53.4 Å². The van der Waals surface area contributed by atoms with Crippen molar-refractivity contribution in [2.75, 3.05) is 10.6 Å². The lowest BCUT2D eigenvalue weighted by Gasteiger charge is -2.12. The summed E-state index contributed by atoms with van der Waals surface area (Å²) in [6.45, 7) is 5.64. The first kappa shape index (κ1) is 20.0. The first-order valence-corrected chi connectivity index (χ1v) is 10.4. The fourth-order valence-corrected chi connectivity index (χ4v) is 3.89. The number of nitrogens with one attached hydrogen (secondary N) is 2. The van der Waals surface area contributed by atoms with Crippen LogP contribution in [-0.2, 0) is 4.79 Å². The van der Waals surface area contributed by atoms with Crippen molar-refractivity contribution in [2.45, 2.75) is 30.9 Å². The van der Waals surface area contributed by atoms with Crippen molar-refractivity contribution < 1.29 is 9.59 Å². The summed E-state index contributed by atoms with van der Waals surface area (Å²) in [5.74, 6) is -0.310. The Hall–Kier alpha value is -2.71. The molecule has 1 atom stereocenters. The van der Waals surface area contributed by atoms with Crippen LogP contribution in [-0.4, -0.2) is 27.3 Å². The number of carbonyl (C=O) groups is 2. The third kappa shape index (κ3) is 5.40. The van der Waals surface area contributed by atoms with Gasteiger partial charge in [0.15, 0.2) is 0 Å². The second-order valence-corrected chi connectivity index (χ2v) is 8.82. The number of carbonyl (C=O) groups excluding carboxylic acids is 2.